The molecule has 2 aromatic carbocycles. The Morgan fingerprint density at radius 2 is 1.62 bits per heavy atom. The fourth-order valence-corrected chi connectivity index (χ4v) is 4.18. The molecule has 0 amide bonds. The van der Waals surface area contributed by atoms with E-state index in [1.54, 1.807) is 0 Å². The van der Waals surface area contributed by atoms with E-state index >= 15 is 0 Å². The second-order valence-corrected chi connectivity index (χ2v) is 8.78. The van der Waals surface area contributed by atoms with Crippen molar-refractivity contribution in [2.45, 2.75) is 38.5 Å². The van der Waals surface area contributed by atoms with Crippen LogP contribution in [0.25, 0.3) is 28.1 Å². The predicted octanol–water partition coefficient (Wildman–Crippen LogP) is 5.73. The van der Waals surface area contributed by atoms with Crippen LogP contribution in [0.1, 0.15) is 38.8 Å². The minimum atomic E-state index is 0.0888. The molecule has 26 heavy (non-hydrogen) atoms. The van der Waals surface area contributed by atoms with Crippen LogP contribution in [0, 0.1) is 0 Å². The van der Waals surface area contributed by atoms with E-state index in [1.807, 2.05) is 0 Å². The lowest BCUT2D eigenvalue weighted by atomic mass is 9.82. The van der Waals surface area contributed by atoms with Crippen LogP contribution in [0.3, 0.4) is 0 Å². The highest BCUT2D eigenvalue weighted by molar-refractivity contribution is 5.86. The van der Waals surface area contributed by atoms with Crippen LogP contribution in [-0.4, -0.2) is 0 Å². The first kappa shape index (κ1) is 15.6. The first-order valence-corrected chi connectivity index (χ1v) is 9.38. The molecular formula is C25H24N+. The predicted molar refractivity (Wildman–Crippen MR) is 108 cm³/mol. The van der Waals surface area contributed by atoms with Crippen LogP contribution in [0.15, 0.2) is 72.9 Å². The lowest BCUT2D eigenvalue weighted by Gasteiger charge is -2.24. The SMILES string of the molecule is CC(C)(C)c1cc[n+]2c(c1)-c1cc(-c3ccccc3)ccc1C1(C)C=C21. The molecule has 0 radical (unpaired) electrons. The largest absolute Gasteiger partial charge is 0.218 e. The third-order valence-electron chi connectivity index (χ3n) is 5.92. The molecule has 0 N–H and O–H groups in total. The van der Waals surface area contributed by atoms with Gasteiger partial charge in [0.15, 0.2) is 11.9 Å². The van der Waals surface area contributed by atoms with Gasteiger partial charge >= 0.3 is 0 Å². The molecule has 2 heterocycles. The van der Waals surface area contributed by atoms with Crippen LogP contribution >= 0.6 is 0 Å². The molecule has 1 heteroatoms. The molecule has 1 unspecified atom stereocenters. The van der Waals surface area contributed by atoms with E-state index in [-0.39, 0.29) is 10.8 Å². The second kappa shape index (κ2) is 4.94. The summed E-state index contributed by atoms with van der Waals surface area (Å²) in [6.07, 6.45) is 4.65. The summed E-state index contributed by atoms with van der Waals surface area (Å²) in [5.41, 5.74) is 9.68. The average Bonchev–Trinajstić information content (AvgIpc) is 3.34. The zero-order valence-corrected chi connectivity index (χ0v) is 15.9. The molecule has 1 aliphatic carbocycles. The van der Waals surface area contributed by atoms with Crippen LogP contribution in [0.2, 0.25) is 0 Å². The Kier molecular flexibility index (Phi) is 2.96. The van der Waals surface area contributed by atoms with Crippen LogP contribution in [0.5, 0.6) is 0 Å². The van der Waals surface area contributed by atoms with Crippen LogP contribution < -0.4 is 4.57 Å². The van der Waals surface area contributed by atoms with Gasteiger partial charge in [-0.25, -0.2) is 0 Å². The number of aromatic nitrogens is 1. The van der Waals surface area contributed by atoms with Crippen molar-refractivity contribution in [2.24, 2.45) is 0 Å². The summed E-state index contributed by atoms with van der Waals surface area (Å²) < 4.78 is 2.38. The van der Waals surface area contributed by atoms with E-state index in [9.17, 15) is 0 Å². The second-order valence-electron chi connectivity index (χ2n) is 8.78. The van der Waals surface area contributed by atoms with Gasteiger partial charge in [-0.2, -0.15) is 4.57 Å². The number of hydrogen-bond donors (Lipinski definition) is 0. The topological polar surface area (TPSA) is 3.88 Å². The summed E-state index contributed by atoms with van der Waals surface area (Å²) in [6.45, 7) is 9.18. The molecule has 128 valence electrons. The maximum atomic E-state index is 2.39. The summed E-state index contributed by atoms with van der Waals surface area (Å²) in [5, 5.41) is 0. The molecule has 3 aromatic rings. The van der Waals surface area contributed by atoms with Gasteiger partial charge in [0.2, 0.25) is 5.69 Å². The van der Waals surface area contributed by atoms with Gasteiger partial charge in [0.1, 0.15) is 5.41 Å². The summed E-state index contributed by atoms with van der Waals surface area (Å²) in [4.78, 5) is 0. The fourth-order valence-electron chi connectivity index (χ4n) is 4.18. The Morgan fingerprint density at radius 1 is 0.846 bits per heavy atom. The Morgan fingerprint density at radius 3 is 2.35 bits per heavy atom. The smallest absolute Gasteiger partial charge is 0.163 e. The molecule has 2 aliphatic rings. The van der Waals surface area contributed by atoms with Gasteiger partial charge in [0.05, 0.1) is 5.56 Å². The van der Waals surface area contributed by atoms with Crippen molar-refractivity contribution in [1.29, 1.82) is 0 Å². The Labute approximate surface area is 155 Å². The number of allylic oxidation sites excluding steroid dienone is 2. The van der Waals surface area contributed by atoms with Crippen molar-refractivity contribution in [3.63, 3.8) is 0 Å². The van der Waals surface area contributed by atoms with Gasteiger partial charge in [-0.15, -0.1) is 0 Å². The van der Waals surface area contributed by atoms with Crippen LogP contribution in [0.4, 0.5) is 0 Å². The first-order valence-electron chi connectivity index (χ1n) is 9.38. The number of hydrogen-bond acceptors (Lipinski definition) is 0. The van der Waals surface area contributed by atoms with Gasteiger partial charge in [-0.3, -0.25) is 0 Å². The maximum absolute atomic E-state index is 2.39. The highest BCUT2D eigenvalue weighted by Crippen LogP contribution is 2.53. The molecule has 1 nitrogen and oxygen atoms in total. The number of nitrogens with zero attached hydrogens (tertiary/aromatic N) is 1. The summed E-state index contributed by atoms with van der Waals surface area (Å²) in [7, 11) is 0. The van der Waals surface area contributed by atoms with E-state index in [0.29, 0.717) is 0 Å². The maximum Gasteiger partial charge on any atom is 0.218 e. The Bertz CT molecular complexity index is 1070. The Hall–Kier alpha value is -2.67. The van der Waals surface area contributed by atoms with Gasteiger partial charge in [0, 0.05) is 18.2 Å². The zero-order valence-electron chi connectivity index (χ0n) is 15.9. The third kappa shape index (κ3) is 2.13. The van der Waals surface area contributed by atoms with Gasteiger partial charge in [-0.1, -0.05) is 63.2 Å². The van der Waals surface area contributed by atoms with E-state index in [1.165, 1.54) is 39.2 Å². The fraction of sp³-hybridized carbons (Fsp3) is 0.240. The normalized spacial score (nSPS) is 19.9. The molecule has 0 fully saturated rings. The molecule has 1 aliphatic heterocycles. The lowest BCUT2D eigenvalue weighted by molar-refractivity contribution is -0.569. The van der Waals surface area contributed by atoms with E-state index in [2.05, 4.69) is 105 Å². The summed E-state index contributed by atoms with van der Waals surface area (Å²) in [6, 6.07) is 22.3. The molecule has 0 bridgehead atoms. The third-order valence-corrected chi connectivity index (χ3v) is 5.92. The van der Waals surface area contributed by atoms with E-state index < -0.39 is 0 Å². The molecule has 0 saturated heterocycles. The number of pyridine rings is 1. The van der Waals surface area contributed by atoms with Crippen molar-refractivity contribution in [3.05, 3.63) is 84.1 Å². The molecule has 5 rings (SSSR count). The van der Waals surface area contributed by atoms with Crippen molar-refractivity contribution < 1.29 is 4.57 Å². The quantitative estimate of drug-likeness (QED) is 0.499. The number of benzene rings is 2. The van der Waals surface area contributed by atoms with Crippen molar-refractivity contribution in [1.82, 2.24) is 0 Å². The van der Waals surface area contributed by atoms with Gasteiger partial charge in [-0.05, 0) is 40.7 Å². The summed E-state index contributed by atoms with van der Waals surface area (Å²) >= 11 is 0. The Balaban J connectivity index is 1.75. The van der Waals surface area contributed by atoms with Crippen molar-refractivity contribution in [3.8, 4) is 22.4 Å². The standard InChI is InChI=1S/C25H24N/c1-24(2,3)19-12-13-26-22(15-19)20-14-18(17-8-6-5-7-9-17)10-11-21(20)25(4)16-23(25)26/h5-16H,1-4H3/q+1. The summed E-state index contributed by atoms with van der Waals surface area (Å²) in [5.74, 6) is 0. The van der Waals surface area contributed by atoms with Crippen molar-refractivity contribution >= 4 is 5.70 Å². The molecule has 1 atom stereocenters. The number of rotatable bonds is 1. The van der Waals surface area contributed by atoms with Crippen LogP contribution in [-0.2, 0) is 10.8 Å². The molecule has 1 aromatic heterocycles. The minimum absolute atomic E-state index is 0.0888. The number of fused-ring (bicyclic) bond motifs is 6. The average molecular weight is 338 g/mol. The van der Waals surface area contributed by atoms with E-state index in [0.717, 1.165) is 0 Å². The molecule has 0 saturated carbocycles. The molecular weight excluding hydrogens is 314 g/mol. The highest BCUT2D eigenvalue weighted by atomic mass is 15.0. The van der Waals surface area contributed by atoms with E-state index in [4.69, 9.17) is 0 Å². The molecule has 0 spiro atoms. The highest BCUT2D eigenvalue weighted by Gasteiger charge is 2.55. The first-order chi connectivity index (χ1) is 12.4. The van der Waals surface area contributed by atoms with Gasteiger partial charge < -0.3 is 0 Å². The monoisotopic (exact) mass is 338 g/mol. The van der Waals surface area contributed by atoms with Crippen molar-refractivity contribution in [2.75, 3.05) is 0 Å². The minimum Gasteiger partial charge on any atom is -0.163 e. The zero-order chi connectivity index (χ0) is 18.1. The van der Waals surface area contributed by atoms with Gasteiger partial charge in [0.25, 0.3) is 0 Å². The lowest BCUT2D eigenvalue weighted by Crippen LogP contribution is -2.39.